The summed E-state index contributed by atoms with van der Waals surface area (Å²) in [7, 11) is 3.20. The zero-order valence-electron chi connectivity index (χ0n) is 17.2. The van der Waals surface area contributed by atoms with Crippen LogP contribution in [0.25, 0.3) is 22.6 Å². The molecule has 0 unspecified atom stereocenters. The molecular formula is C23H25N3O4. The van der Waals surface area contributed by atoms with Crippen molar-refractivity contribution < 1.29 is 18.7 Å². The number of ether oxygens (including phenoxy) is 2. The van der Waals surface area contributed by atoms with Crippen LogP contribution < -0.4 is 14.8 Å². The first-order chi connectivity index (χ1) is 14.7. The Bertz CT molecular complexity index is 1090. The number of amides is 1. The zero-order valence-corrected chi connectivity index (χ0v) is 17.2. The molecule has 1 N–H and O–H groups in total. The molecule has 6 rings (SSSR count). The molecule has 0 spiro atoms. The molecule has 4 heterocycles. The van der Waals surface area contributed by atoms with Gasteiger partial charge in [-0.25, -0.2) is 4.98 Å². The Morgan fingerprint density at radius 3 is 2.70 bits per heavy atom. The van der Waals surface area contributed by atoms with E-state index in [2.05, 4.69) is 15.2 Å². The molecule has 1 amide bonds. The highest BCUT2D eigenvalue weighted by Crippen LogP contribution is 2.35. The van der Waals surface area contributed by atoms with Gasteiger partial charge < -0.3 is 24.1 Å². The molecule has 0 saturated carbocycles. The summed E-state index contributed by atoms with van der Waals surface area (Å²) in [6.45, 7) is 3.21. The van der Waals surface area contributed by atoms with E-state index in [-0.39, 0.29) is 11.9 Å². The van der Waals surface area contributed by atoms with Gasteiger partial charge in [0, 0.05) is 18.7 Å². The Morgan fingerprint density at radius 1 is 1.17 bits per heavy atom. The Hall–Kier alpha value is -3.06. The van der Waals surface area contributed by atoms with Crippen LogP contribution >= 0.6 is 0 Å². The van der Waals surface area contributed by atoms with E-state index < -0.39 is 0 Å². The fourth-order valence-electron chi connectivity index (χ4n) is 4.60. The molecule has 156 valence electrons. The number of nitrogens with zero attached hydrogens (tertiary/aromatic N) is 2. The van der Waals surface area contributed by atoms with Crippen LogP contribution in [-0.4, -0.2) is 55.7 Å². The molecule has 3 aliphatic heterocycles. The first kappa shape index (κ1) is 18.9. The van der Waals surface area contributed by atoms with Gasteiger partial charge >= 0.3 is 0 Å². The SMILES string of the molecule is COc1ccc(-c2nc3c(C(=O)N[C@@H]4CN5CCC4CC5)cccc3o2)c(OC)c1. The summed E-state index contributed by atoms with van der Waals surface area (Å²) in [5.74, 6) is 2.16. The quantitative estimate of drug-likeness (QED) is 0.699. The molecule has 0 aliphatic carbocycles. The normalized spacial score (nSPS) is 22.8. The Labute approximate surface area is 175 Å². The number of hydrogen-bond donors (Lipinski definition) is 1. The van der Waals surface area contributed by atoms with E-state index >= 15 is 0 Å². The number of carbonyl (C=O) groups is 1. The molecule has 2 bridgehead atoms. The maximum absolute atomic E-state index is 13.1. The van der Waals surface area contributed by atoms with Gasteiger partial charge in [-0.05, 0) is 56.1 Å². The van der Waals surface area contributed by atoms with Gasteiger partial charge in [0.05, 0.1) is 25.3 Å². The van der Waals surface area contributed by atoms with Crippen LogP contribution in [-0.2, 0) is 0 Å². The molecule has 3 saturated heterocycles. The molecule has 30 heavy (non-hydrogen) atoms. The van der Waals surface area contributed by atoms with E-state index in [1.807, 2.05) is 24.3 Å². The number of hydrogen-bond acceptors (Lipinski definition) is 6. The van der Waals surface area contributed by atoms with Crippen LogP contribution in [0, 0.1) is 5.92 Å². The van der Waals surface area contributed by atoms with Gasteiger partial charge in [0.1, 0.15) is 17.0 Å². The van der Waals surface area contributed by atoms with Crippen molar-refractivity contribution in [1.29, 1.82) is 0 Å². The van der Waals surface area contributed by atoms with Crippen LogP contribution in [0.4, 0.5) is 0 Å². The fourth-order valence-corrected chi connectivity index (χ4v) is 4.60. The van der Waals surface area contributed by atoms with Gasteiger partial charge in [0.2, 0.25) is 5.89 Å². The molecule has 3 aliphatic rings. The highest BCUT2D eigenvalue weighted by atomic mass is 16.5. The molecule has 2 aromatic carbocycles. The van der Waals surface area contributed by atoms with Crippen LogP contribution in [0.2, 0.25) is 0 Å². The number of carbonyl (C=O) groups excluding carboxylic acids is 1. The number of para-hydroxylation sites is 1. The van der Waals surface area contributed by atoms with Gasteiger partial charge in [-0.1, -0.05) is 6.07 Å². The van der Waals surface area contributed by atoms with E-state index in [9.17, 15) is 4.79 Å². The number of nitrogens with one attached hydrogen (secondary N) is 1. The summed E-state index contributed by atoms with van der Waals surface area (Å²) < 4.78 is 16.7. The van der Waals surface area contributed by atoms with Crippen LogP contribution in [0.15, 0.2) is 40.8 Å². The summed E-state index contributed by atoms with van der Waals surface area (Å²) in [5.41, 5.74) is 2.37. The molecule has 7 heteroatoms. The smallest absolute Gasteiger partial charge is 0.253 e. The molecule has 3 aromatic rings. The second-order valence-corrected chi connectivity index (χ2v) is 7.96. The summed E-state index contributed by atoms with van der Waals surface area (Å²) >= 11 is 0. The Morgan fingerprint density at radius 2 is 2.00 bits per heavy atom. The second-order valence-electron chi connectivity index (χ2n) is 7.96. The minimum Gasteiger partial charge on any atom is -0.497 e. The number of benzene rings is 2. The van der Waals surface area contributed by atoms with E-state index in [4.69, 9.17) is 13.9 Å². The number of fused-ring (bicyclic) bond motifs is 4. The first-order valence-electron chi connectivity index (χ1n) is 10.3. The van der Waals surface area contributed by atoms with Gasteiger partial charge in [0.25, 0.3) is 5.91 Å². The third-order valence-corrected chi connectivity index (χ3v) is 6.28. The Balaban J connectivity index is 1.46. The third-order valence-electron chi connectivity index (χ3n) is 6.28. The first-order valence-corrected chi connectivity index (χ1v) is 10.3. The monoisotopic (exact) mass is 407 g/mol. The number of oxazole rings is 1. The highest BCUT2D eigenvalue weighted by molar-refractivity contribution is 6.05. The molecule has 1 atom stereocenters. The van der Waals surface area contributed by atoms with E-state index in [1.165, 1.54) is 0 Å². The summed E-state index contributed by atoms with van der Waals surface area (Å²) in [6, 6.07) is 11.1. The fraction of sp³-hybridized carbons (Fsp3) is 0.391. The van der Waals surface area contributed by atoms with Crippen LogP contribution in [0.1, 0.15) is 23.2 Å². The van der Waals surface area contributed by atoms with Crippen molar-refractivity contribution in [2.75, 3.05) is 33.9 Å². The van der Waals surface area contributed by atoms with E-state index in [0.29, 0.717) is 45.5 Å². The largest absolute Gasteiger partial charge is 0.497 e. The minimum atomic E-state index is -0.0964. The molecule has 1 aromatic heterocycles. The van der Waals surface area contributed by atoms with Gasteiger partial charge in [-0.2, -0.15) is 0 Å². The van der Waals surface area contributed by atoms with Gasteiger partial charge in [0.15, 0.2) is 5.58 Å². The minimum absolute atomic E-state index is 0.0964. The number of piperidine rings is 3. The number of rotatable bonds is 5. The summed E-state index contributed by atoms with van der Waals surface area (Å²) in [4.78, 5) is 20.2. The standard InChI is InChI=1S/C23H25N3O4/c1-28-15-6-7-16(20(12-15)29-2)23-25-21-17(4-3-5-19(21)30-23)22(27)24-18-13-26-10-8-14(18)9-11-26/h3-7,12,14,18H,8-11,13H2,1-2H3,(H,24,27)/t18-/m1/s1. The number of methoxy groups -OCH3 is 2. The van der Waals surface area contributed by atoms with Crippen molar-refractivity contribution >= 4 is 17.0 Å². The van der Waals surface area contributed by atoms with Crippen molar-refractivity contribution in [3.05, 3.63) is 42.0 Å². The van der Waals surface area contributed by atoms with E-state index in [1.54, 1.807) is 26.4 Å². The lowest BCUT2D eigenvalue weighted by molar-refractivity contribution is 0.0621. The van der Waals surface area contributed by atoms with Gasteiger partial charge in [-0.15, -0.1) is 0 Å². The lowest BCUT2D eigenvalue weighted by Gasteiger charge is -2.44. The average Bonchev–Trinajstić information content (AvgIpc) is 3.23. The van der Waals surface area contributed by atoms with Crippen molar-refractivity contribution in [1.82, 2.24) is 15.2 Å². The maximum Gasteiger partial charge on any atom is 0.253 e. The predicted octanol–water partition coefficient (Wildman–Crippen LogP) is 3.34. The maximum atomic E-state index is 13.1. The van der Waals surface area contributed by atoms with Crippen molar-refractivity contribution in [2.45, 2.75) is 18.9 Å². The average molecular weight is 407 g/mol. The lowest BCUT2D eigenvalue weighted by Crippen LogP contribution is -2.57. The molecular weight excluding hydrogens is 382 g/mol. The second kappa shape index (κ2) is 7.65. The van der Waals surface area contributed by atoms with Crippen molar-refractivity contribution in [3.63, 3.8) is 0 Å². The van der Waals surface area contributed by atoms with Crippen LogP contribution in [0.5, 0.6) is 11.5 Å². The van der Waals surface area contributed by atoms with Crippen molar-refractivity contribution in [2.24, 2.45) is 5.92 Å². The van der Waals surface area contributed by atoms with Crippen LogP contribution in [0.3, 0.4) is 0 Å². The van der Waals surface area contributed by atoms with E-state index in [0.717, 1.165) is 32.5 Å². The molecule has 7 nitrogen and oxygen atoms in total. The summed E-state index contributed by atoms with van der Waals surface area (Å²) in [5, 5.41) is 3.24. The summed E-state index contributed by atoms with van der Waals surface area (Å²) in [6.07, 6.45) is 2.31. The Kier molecular flexibility index (Phi) is 4.83. The van der Waals surface area contributed by atoms with Crippen molar-refractivity contribution in [3.8, 4) is 23.0 Å². The predicted molar refractivity (Wildman–Crippen MR) is 113 cm³/mol. The lowest BCUT2D eigenvalue weighted by atomic mass is 9.84. The third kappa shape index (κ3) is 3.29. The highest BCUT2D eigenvalue weighted by Gasteiger charge is 2.35. The zero-order chi connectivity index (χ0) is 20.7. The topological polar surface area (TPSA) is 76.8 Å². The molecule has 0 radical (unpaired) electrons. The molecule has 3 fully saturated rings. The van der Waals surface area contributed by atoms with Gasteiger partial charge in [-0.3, -0.25) is 4.79 Å². The number of aromatic nitrogens is 1.